The predicted octanol–water partition coefficient (Wildman–Crippen LogP) is -0.843. The lowest BCUT2D eigenvalue weighted by Crippen LogP contribution is -2.45. The number of hydrogen-bond donors (Lipinski definition) is 5. The quantitative estimate of drug-likeness (QED) is 0.366. The zero-order valence-electron chi connectivity index (χ0n) is 14.4. The Morgan fingerprint density at radius 1 is 1.50 bits per heavy atom. The van der Waals surface area contributed by atoms with E-state index < -0.39 is 23.7 Å². The number of rotatable bonds is 9. The lowest BCUT2D eigenvalue weighted by molar-refractivity contribution is -0.141. The summed E-state index contributed by atoms with van der Waals surface area (Å²) in [4.78, 5) is 33.2. The number of halogens is 1. The van der Waals surface area contributed by atoms with Crippen molar-refractivity contribution in [3.8, 4) is 0 Å². The van der Waals surface area contributed by atoms with Crippen LogP contribution in [0.2, 0.25) is 0 Å². The summed E-state index contributed by atoms with van der Waals surface area (Å²) in [5, 5.41) is 21.4. The molecule has 2 atom stereocenters. The number of fused-ring (bicyclic) bond motifs is 1. The largest absolute Gasteiger partial charge is 0.480 e. The summed E-state index contributed by atoms with van der Waals surface area (Å²) >= 11 is 0. The zero-order valence-corrected chi connectivity index (χ0v) is 15.2. The smallest absolute Gasteiger partial charge is 0.320 e. The molecule has 0 fully saturated rings. The van der Waals surface area contributed by atoms with Crippen LogP contribution >= 0.6 is 12.4 Å². The molecule has 146 valence electrons. The van der Waals surface area contributed by atoms with Gasteiger partial charge in [0.15, 0.2) is 11.2 Å². The van der Waals surface area contributed by atoms with Crippen molar-refractivity contribution in [1.29, 1.82) is 0 Å². The Kier molecular flexibility index (Phi) is 7.96. The van der Waals surface area contributed by atoms with Gasteiger partial charge in [-0.15, -0.1) is 12.4 Å². The van der Waals surface area contributed by atoms with Gasteiger partial charge in [-0.1, -0.05) is 13.8 Å². The number of aliphatic hydroxyl groups excluding tert-OH is 1. The molecule has 0 radical (unpaired) electrons. The van der Waals surface area contributed by atoms with E-state index in [0.29, 0.717) is 0 Å². The summed E-state index contributed by atoms with van der Waals surface area (Å²) in [6.07, 6.45) is 0.736. The highest BCUT2D eigenvalue weighted by Crippen LogP contribution is 2.08. The Hall–Kier alpha value is -2.21. The normalized spacial score (nSPS) is 13.5. The van der Waals surface area contributed by atoms with Gasteiger partial charge in [0.25, 0.3) is 5.56 Å². The lowest BCUT2D eigenvalue weighted by Gasteiger charge is -2.22. The van der Waals surface area contributed by atoms with Crippen LogP contribution in [0.4, 0.5) is 5.95 Å². The van der Waals surface area contributed by atoms with Crippen LogP contribution in [-0.2, 0) is 16.3 Å². The molecule has 0 saturated heterocycles. The van der Waals surface area contributed by atoms with Crippen molar-refractivity contribution >= 4 is 35.5 Å². The molecule has 2 rings (SSSR count). The molecule has 26 heavy (non-hydrogen) atoms. The van der Waals surface area contributed by atoms with E-state index in [0.717, 1.165) is 0 Å². The van der Waals surface area contributed by atoms with Crippen LogP contribution in [0, 0.1) is 5.92 Å². The fourth-order valence-corrected chi connectivity index (χ4v) is 2.29. The Labute approximate surface area is 155 Å². The zero-order chi connectivity index (χ0) is 18.6. The molecule has 0 amide bonds. The van der Waals surface area contributed by atoms with Gasteiger partial charge in [-0.05, 0) is 5.92 Å². The van der Waals surface area contributed by atoms with Crippen molar-refractivity contribution in [3.05, 3.63) is 16.7 Å². The van der Waals surface area contributed by atoms with Gasteiger partial charge in [-0.25, -0.2) is 4.98 Å². The third-order valence-corrected chi connectivity index (χ3v) is 3.64. The molecule has 2 heterocycles. The van der Waals surface area contributed by atoms with Crippen LogP contribution < -0.4 is 16.6 Å². The number of carboxylic acids is 1. The molecule has 0 saturated carbocycles. The first-order valence-electron chi connectivity index (χ1n) is 7.72. The molecule has 0 aliphatic rings. The maximum Gasteiger partial charge on any atom is 0.320 e. The molecule has 12 heteroatoms. The van der Waals surface area contributed by atoms with E-state index in [1.165, 1.54) is 10.9 Å². The van der Waals surface area contributed by atoms with E-state index >= 15 is 0 Å². The molecule has 11 nitrogen and oxygen atoms in total. The first-order chi connectivity index (χ1) is 11.8. The molecule has 2 aromatic rings. The molecular weight excluding hydrogens is 368 g/mol. The third kappa shape index (κ3) is 5.14. The van der Waals surface area contributed by atoms with Crippen molar-refractivity contribution in [2.45, 2.75) is 32.7 Å². The predicted molar refractivity (Wildman–Crippen MR) is 96.0 cm³/mol. The number of nitrogens with one attached hydrogen (secondary N) is 2. The first kappa shape index (κ1) is 21.8. The van der Waals surface area contributed by atoms with Crippen molar-refractivity contribution in [1.82, 2.24) is 24.8 Å². The van der Waals surface area contributed by atoms with Crippen LogP contribution in [0.3, 0.4) is 0 Å². The summed E-state index contributed by atoms with van der Waals surface area (Å²) < 4.78 is 7.03. The number of aromatic nitrogens is 4. The Morgan fingerprint density at radius 2 is 2.19 bits per heavy atom. The Morgan fingerprint density at radius 3 is 2.77 bits per heavy atom. The van der Waals surface area contributed by atoms with E-state index in [9.17, 15) is 14.7 Å². The number of nitrogen functional groups attached to an aromatic ring is 1. The second kappa shape index (κ2) is 9.48. The van der Waals surface area contributed by atoms with Gasteiger partial charge in [0, 0.05) is 6.54 Å². The minimum absolute atomic E-state index is 0. The summed E-state index contributed by atoms with van der Waals surface area (Å²) in [6.45, 7) is 3.38. The highest BCUT2D eigenvalue weighted by atomic mass is 35.5. The number of H-pyrrole nitrogens is 1. The number of nitrogens with two attached hydrogens (primary N) is 1. The number of nitrogens with zero attached hydrogens (tertiary/aromatic N) is 3. The Bertz CT molecular complexity index is 792. The van der Waals surface area contributed by atoms with Gasteiger partial charge in [-0.3, -0.25) is 19.1 Å². The standard InChI is InChI=1S/C14H22N6O5.ClH/c1-7(2)9(13(23)24)16-3-8(4-21)25-6-20-5-17-10-11(20)18-14(15)19-12(10)22;/h5,7-9,16,21H,3-4,6H2,1-2H3,(H,23,24)(H3,15,18,19,22);1H/t8?,9-;/m0./s1. The summed E-state index contributed by atoms with van der Waals surface area (Å²) in [5.41, 5.74) is 5.45. The molecule has 6 N–H and O–H groups in total. The Balaban J connectivity index is 0.00000338. The fraction of sp³-hybridized carbons (Fsp3) is 0.571. The molecule has 0 aliphatic heterocycles. The second-order valence-corrected chi connectivity index (χ2v) is 5.91. The second-order valence-electron chi connectivity index (χ2n) is 5.91. The maximum atomic E-state index is 11.7. The highest BCUT2D eigenvalue weighted by molar-refractivity contribution is 5.85. The number of carbonyl (C=O) groups is 1. The van der Waals surface area contributed by atoms with Crippen molar-refractivity contribution in [3.63, 3.8) is 0 Å². The molecular formula is C14H23ClN6O5. The number of anilines is 1. The van der Waals surface area contributed by atoms with Crippen LogP contribution in [-0.4, -0.2) is 61.0 Å². The van der Waals surface area contributed by atoms with Crippen LogP contribution in [0.1, 0.15) is 13.8 Å². The fourth-order valence-electron chi connectivity index (χ4n) is 2.29. The number of imidazole rings is 1. The van der Waals surface area contributed by atoms with Gasteiger partial charge < -0.3 is 26.0 Å². The van der Waals surface area contributed by atoms with E-state index in [2.05, 4.69) is 20.3 Å². The van der Waals surface area contributed by atoms with Crippen LogP contribution in [0.15, 0.2) is 11.1 Å². The minimum atomic E-state index is -0.966. The molecule has 0 aromatic carbocycles. The van der Waals surface area contributed by atoms with Gasteiger partial charge in [0.1, 0.15) is 12.8 Å². The summed E-state index contributed by atoms with van der Waals surface area (Å²) in [5.74, 6) is -1.12. The number of aliphatic carboxylic acids is 1. The van der Waals surface area contributed by atoms with Gasteiger partial charge in [0.2, 0.25) is 5.95 Å². The van der Waals surface area contributed by atoms with Crippen molar-refractivity contribution < 1.29 is 19.7 Å². The number of carboxylic acid groups (broad SMARTS) is 1. The van der Waals surface area contributed by atoms with Crippen LogP contribution in [0.25, 0.3) is 11.2 Å². The number of aromatic amines is 1. The van der Waals surface area contributed by atoms with Crippen LogP contribution in [0.5, 0.6) is 0 Å². The number of ether oxygens (including phenoxy) is 1. The third-order valence-electron chi connectivity index (χ3n) is 3.64. The average molecular weight is 391 g/mol. The molecule has 2 aromatic heterocycles. The number of aliphatic hydroxyl groups is 1. The lowest BCUT2D eigenvalue weighted by atomic mass is 10.0. The summed E-state index contributed by atoms with van der Waals surface area (Å²) in [7, 11) is 0. The number of hydrogen-bond acceptors (Lipinski definition) is 8. The van der Waals surface area contributed by atoms with E-state index in [1.807, 2.05) is 0 Å². The van der Waals surface area contributed by atoms with Crippen molar-refractivity contribution in [2.75, 3.05) is 18.9 Å². The topological polar surface area (TPSA) is 168 Å². The first-order valence-corrected chi connectivity index (χ1v) is 7.72. The minimum Gasteiger partial charge on any atom is -0.480 e. The molecule has 1 unspecified atom stereocenters. The van der Waals surface area contributed by atoms with Gasteiger partial charge in [0.05, 0.1) is 19.0 Å². The summed E-state index contributed by atoms with van der Waals surface area (Å²) in [6, 6.07) is -0.744. The molecule has 0 aliphatic carbocycles. The van der Waals surface area contributed by atoms with E-state index in [-0.39, 0.29) is 55.3 Å². The highest BCUT2D eigenvalue weighted by Gasteiger charge is 2.22. The monoisotopic (exact) mass is 390 g/mol. The molecule has 0 bridgehead atoms. The van der Waals surface area contributed by atoms with Crippen molar-refractivity contribution in [2.24, 2.45) is 5.92 Å². The SMILES string of the molecule is CC(C)[C@H](NCC(CO)OCn1cnc2c(=O)[nH]c(N)nc21)C(=O)O.Cl. The maximum absolute atomic E-state index is 11.7. The van der Waals surface area contributed by atoms with E-state index in [1.54, 1.807) is 13.8 Å². The van der Waals surface area contributed by atoms with E-state index in [4.69, 9.17) is 15.6 Å². The molecule has 0 spiro atoms. The van der Waals surface area contributed by atoms with Gasteiger partial charge in [-0.2, -0.15) is 4.98 Å². The average Bonchev–Trinajstić information content (AvgIpc) is 2.93. The van der Waals surface area contributed by atoms with Gasteiger partial charge >= 0.3 is 5.97 Å².